The molecule has 0 atom stereocenters. The van der Waals surface area contributed by atoms with Crippen LogP contribution in [0.15, 0.2) is 88.0 Å². The molecule has 4 aromatic rings. The van der Waals surface area contributed by atoms with Crippen LogP contribution in [0.3, 0.4) is 0 Å². The summed E-state index contributed by atoms with van der Waals surface area (Å²) < 4.78 is 27.0. The molecule has 1 aromatic carbocycles. The van der Waals surface area contributed by atoms with Crippen molar-refractivity contribution < 1.29 is 8.42 Å². The zero-order valence-electron chi connectivity index (χ0n) is 20.7. The first-order chi connectivity index (χ1) is 17.9. The summed E-state index contributed by atoms with van der Waals surface area (Å²) in [6.45, 7) is 8.18. The number of fused-ring (bicyclic) bond motifs is 1. The number of sulfone groups is 1. The number of rotatable bonds is 7. The van der Waals surface area contributed by atoms with Crippen LogP contribution in [0.25, 0.3) is 11.5 Å². The van der Waals surface area contributed by atoms with E-state index in [1.165, 1.54) is 16.9 Å². The minimum atomic E-state index is -4.00. The average Bonchev–Trinajstić information content (AvgIpc) is 3.48. The third kappa shape index (κ3) is 4.90. The molecule has 0 saturated carbocycles. The van der Waals surface area contributed by atoms with Crippen LogP contribution in [0.5, 0.6) is 0 Å². The van der Waals surface area contributed by atoms with E-state index in [0.717, 1.165) is 18.8 Å². The number of nitrogens with zero attached hydrogens (tertiary/aromatic N) is 8. The summed E-state index contributed by atoms with van der Waals surface area (Å²) in [5.41, 5.74) is 1.59. The summed E-state index contributed by atoms with van der Waals surface area (Å²) >= 11 is 0. The minimum Gasteiger partial charge on any atom is -0.370 e. The zero-order valence-corrected chi connectivity index (χ0v) is 21.5. The van der Waals surface area contributed by atoms with Gasteiger partial charge < -0.3 is 4.90 Å². The van der Waals surface area contributed by atoms with Crippen LogP contribution in [0.4, 0.5) is 11.5 Å². The molecule has 5 rings (SSSR count). The van der Waals surface area contributed by atoms with Crippen LogP contribution in [0.2, 0.25) is 0 Å². The Morgan fingerprint density at radius 1 is 1.00 bits per heavy atom. The van der Waals surface area contributed by atoms with Gasteiger partial charge in [0.15, 0.2) is 11.5 Å². The predicted octanol–water partition coefficient (Wildman–Crippen LogP) is 3.99. The Labute approximate surface area is 215 Å². The molecular formula is C26H26N8O2S. The topological polar surface area (TPSA) is 119 Å². The highest BCUT2D eigenvalue weighted by Crippen LogP contribution is 2.25. The molecule has 0 saturated heterocycles. The lowest BCUT2D eigenvalue weighted by molar-refractivity contribution is 0.607. The van der Waals surface area contributed by atoms with Crippen molar-refractivity contribution in [2.45, 2.75) is 25.7 Å². The van der Waals surface area contributed by atoms with Gasteiger partial charge >= 0.3 is 0 Å². The molecule has 188 valence electrons. The van der Waals surface area contributed by atoms with Gasteiger partial charge in [0.2, 0.25) is 26.5 Å². The van der Waals surface area contributed by atoms with Crippen molar-refractivity contribution >= 4 is 32.1 Å². The Morgan fingerprint density at radius 2 is 1.78 bits per heavy atom. The fourth-order valence-corrected chi connectivity index (χ4v) is 5.26. The lowest BCUT2D eigenvalue weighted by atomic mass is 10.2. The molecule has 0 fully saturated rings. The third-order valence-corrected chi connectivity index (χ3v) is 7.36. The molecule has 0 radical (unpaired) electrons. The van der Waals surface area contributed by atoms with Gasteiger partial charge in [0.25, 0.3) is 0 Å². The Balaban J connectivity index is 1.58. The smallest absolute Gasteiger partial charge is 0.228 e. The Hall–Kier alpha value is -4.25. The molecule has 0 spiro atoms. The van der Waals surface area contributed by atoms with Crippen molar-refractivity contribution in [1.82, 2.24) is 24.8 Å². The first-order valence-electron chi connectivity index (χ1n) is 11.9. The standard InChI is InChI=1S/C26H26N8O2S/c1-4-33(17-18(2)3)19-13-14-22(28-16-19)29-23-25-30-24(21-12-8-9-15-27-21)31-34(25)32-26(23)37(35,36)20-10-6-5-7-11-20/h5-16,18H,4,17H2,1-3H3/b29-23+. The fraction of sp³-hybridized carbons (Fsp3) is 0.231. The summed E-state index contributed by atoms with van der Waals surface area (Å²) in [6.07, 6.45) is 3.38. The van der Waals surface area contributed by atoms with E-state index in [4.69, 9.17) is 0 Å². The van der Waals surface area contributed by atoms with Gasteiger partial charge in [-0.05, 0) is 49.2 Å². The summed E-state index contributed by atoms with van der Waals surface area (Å²) in [4.78, 5) is 21.4. The van der Waals surface area contributed by atoms with Crippen LogP contribution in [-0.4, -0.2) is 57.1 Å². The summed E-state index contributed by atoms with van der Waals surface area (Å²) in [5, 5.41) is 8.43. The van der Waals surface area contributed by atoms with E-state index < -0.39 is 9.84 Å². The maximum atomic E-state index is 13.5. The van der Waals surface area contributed by atoms with Gasteiger partial charge in [-0.1, -0.05) is 38.1 Å². The molecule has 0 bridgehead atoms. The highest BCUT2D eigenvalue weighted by atomic mass is 32.2. The van der Waals surface area contributed by atoms with Gasteiger partial charge in [0.1, 0.15) is 5.69 Å². The molecule has 1 aliphatic rings. The van der Waals surface area contributed by atoms with Crippen molar-refractivity contribution in [3.8, 4) is 11.5 Å². The van der Waals surface area contributed by atoms with Crippen LogP contribution >= 0.6 is 0 Å². The Kier molecular flexibility index (Phi) is 6.62. The summed E-state index contributed by atoms with van der Waals surface area (Å²) in [5.74, 6) is 1.36. The lowest BCUT2D eigenvalue weighted by Crippen LogP contribution is -2.27. The number of hydrogen-bond acceptors (Lipinski definition) is 9. The molecule has 0 N–H and O–H groups in total. The minimum absolute atomic E-state index is 0.0771. The maximum absolute atomic E-state index is 13.5. The largest absolute Gasteiger partial charge is 0.370 e. The van der Waals surface area contributed by atoms with E-state index in [1.807, 2.05) is 12.1 Å². The molecule has 0 unspecified atom stereocenters. The molecule has 10 nitrogen and oxygen atoms in total. The van der Waals surface area contributed by atoms with Crippen molar-refractivity contribution in [3.05, 3.63) is 78.9 Å². The van der Waals surface area contributed by atoms with E-state index in [0.29, 0.717) is 23.3 Å². The molecule has 37 heavy (non-hydrogen) atoms. The normalized spacial score (nSPS) is 14.2. The summed E-state index contributed by atoms with van der Waals surface area (Å²) in [7, 11) is -4.00. The van der Waals surface area contributed by atoms with Crippen molar-refractivity contribution in [2.75, 3.05) is 18.0 Å². The quantitative estimate of drug-likeness (QED) is 0.366. The van der Waals surface area contributed by atoms with Crippen LogP contribution < -0.4 is 4.90 Å². The number of aromatic nitrogens is 5. The van der Waals surface area contributed by atoms with E-state index in [-0.39, 0.29) is 21.5 Å². The van der Waals surface area contributed by atoms with Crippen molar-refractivity contribution in [3.63, 3.8) is 0 Å². The second-order valence-electron chi connectivity index (χ2n) is 8.85. The molecule has 11 heteroatoms. The zero-order chi connectivity index (χ0) is 26.0. The first kappa shape index (κ1) is 24.4. The van der Waals surface area contributed by atoms with E-state index >= 15 is 0 Å². The van der Waals surface area contributed by atoms with Gasteiger partial charge in [-0.3, -0.25) is 4.98 Å². The van der Waals surface area contributed by atoms with Gasteiger partial charge in [-0.25, -0.2) is 23.4 Å². The van der Waals surface area contributed by atoms with E-state index in [9.17, 15) is 8.42 Å². The summed E-state index contributed by atoms with van der Waals surface area (Å²) in [6, 6.07) is 17.2. The predicted molar refractivity (Wildman–Crippen MR) is 143 cm³/mol. The third-order valence-electron chi connectivity index (χ3n) is 5.68. The van der Waals surface area contributed by atoms with E-state index in [1.54, 1.807) is 48.8 Å². The lowest BCUT2D eigenvalue weighted by Gasteiger charge is -2.24. The molecule has 4 heterocycles. The van der Waals surface area contributed by atoms with Gasteiger partial charge in [-0.15, -0.1) is 15.0 Å². The number of benzene rings is 1. The van der Waals surface area contributed by atoms with Crippen LogP contribution in [0.1, 0.15) is 26.6 Å². The number of anilines is 1. The molecule has 0 aliphatic carbocycles. The number of pyridine rings is 2. The number of hydrogen-bond donors (Lipinski definition) is 0. The second kappa shape index (κ2) is 10.0. The Morgan fingerprint density at radius 3 is 2.43 bits per heavy atom. The molecule has 1 aliphatic heterocycles. The second-order valence-corrected chi connectivity index (χ2v) is 10.7. The fourth-order valence-electron chi connectivity index (χ4n) is 3.95. The highest BCUT2D eigenvalue weighted by Gasteiger charge is 2.37. The van der Waals surface area contributed by atoms with Crippen molar-refractivity contribution in [2.24, 2.45) is 16.0 Å². The van der Waals surface area contributed by atoms with Gasteiger partial charge in [-0.2, -0.15) is 0 Å². The van der Waals surface area contributed by atoms with Gasteiger partial charge in [0.05, 0.1) is 16.8 Å². The average molecular weight is 515 g/mol. The molecular weight excluding hydrogens is 488 g/mol. The maximum Gasteiger partial charge on any atom is 0.228 e. The SMILES string of the molecule is CCN(CC(C)C)c1ccc(/N=C2/C(S(=O)(=O)c3ccccc3)=Nn3nc(-c4ccccn4)nc32)nc1. The van der Waals surface area contributed by atoms with Crippen LogP contribution in [0, 0.1) is 5.92 Å². The number of aliphatic imine (C=N–C) groups is 1. The molecule has 0 amide bonds. The molecule has 3 aromatic heterocycles. The van der Waals surface area contributed by atoms with Crippen molar-refractivity contribution in [1.29, 1.82) is 0 Å². The van der Waals surface area contributed by atoms with Crippen LogP contribution in [-0.2, 0) is 9.84 Å². The van der Waals surface area contributed by atoms with Gasteiger partial charge in [0, 0.05) is 19.3 Å². The highest BCUT2D eigenvalue weighted by molar-refractivity contribution is 8.08. The first-order valence-corrected chi connectivity index (χ1v) is 13.4. The monoisotopic (exact) mass is 514 g/mol. The Bertz CT molecular complexity index is 1560. The van der Waals surface area contributed by atoms with E-state index in [2.05, 4.69) is 55.8 Å².